The molecule has 4 rings (SSSR count). The zero-order valence-corrected chi connectivity index (χ0v) is 14.1. The van der Waals surface area contributed by atoms with E-state index in [0.29, 0.717) is 0 Å². The summed E-state index contributed by atoms with van der Waals surface area (Å²) in [7, 11) is 0. The maximum atomic E-state index is 13.3. The molecule has 2 aromatic rings. The van der Waals surface area contributed by atoms with Gasteiger partial charge in [-0.05, 0) is 0 Å². The van der Waals surface area contributed by atoms with Gasteiger partial charge in [0, 0.05) is 25.9 Å². The first-order valence-corrected chi connectivity index (χ1v) is 8.40. The van der Waals surface area contributed by atoms with Crippen molar-refractivity contribution >= 4 is 22.9 Å². The van der Waals surface area contributed by atoms with E-state index in [-0.39, 0.29) is 30.1 Å². The second-order valence-electron chi connectivity index (χ2n) is 6.69. The van der Waals surface area contributed by atoms with Gasteiger partial charge in [-0.2, -0.15) is 0 Å². The van der Waals surface area contributed by atoms with Crippen molar-refractivity contribution in [2.24, 2.45) is 0 Å². The number of carbonyl (C=O) groups is 1. The lowest BCUT2D eigenvalue weighted by Crippen LogP contribution is -2.49. The van der Waals surface area contributed by atoms with Gasteiger partial charge < -0.3 is 25.6 Å². The van der Waals surface area contributed by atoms with E-state index in [1.807, 2.05) is 0 Å². The minimum Gasteiger partial charge on any atom is -0.387 e. The minimum atomic E-state index is -2.80. The molecule has 2 aromatic heterocycles. The third-order valence-electron chi connectivity index (χ3n) is 4.95. The van der Waals surface area contributed by atoms with Crippen LogP contribution in [0.5, 0.6) is 0 Å². The Morgan fingerprint density at radius 3 is 2.63 bits per heavy atom. The van der Waals surface area contributed by atoms with Crippen LogP contribution in [0.4, 0.5) is 14.6 Å². The van der Waals surface area contributed by atoms with E-state index in [4.69, 9.17) is 10.5 Å². The van der Waals surface area contributed by atoms with Crippen molar-refractivity contribution in [3.63, 3.8) is 0 Å². The molecular weight excluding hydrogens is 366 g/mol. The second kappa shape index (κ2) is 6.32. The number of aliphatic hydroxyl groups is 2. The van der Waals surface area contributed by atoms with E-state index >= 15 is 0 Å². The third-order valence-corrected chi connectivity index (χ3v) is 4.95. The molecule has 2 aliphatic heterocycles. The number of nitrogens with two attached hydrogens (primary N) is 1. The van der Waals surface area contributed by atoms with Crippen molar-refractivity contribution in [1.29, 1.82) is 0 Å². The third kappa shape index (κ3) is 2.99. The average Bonchev–Trinajstić information content (AvgIpc) is 3.18. The minimum absolute atomic E-state index is 0.133. The fourth-order valence-electron chi connectivity index (χ4n) is 3.38. The number of alkyl halides is 2. The largest absolute Gasteiger partial charge is 0.387 e. The molecule has 0 spiro atoms. The zero-order valence-electron chi connectivity index (χ0n) is 14.1. The van der Waals surface area contributed by atoms with E-state index in [9.17, 15) is 23.8 Å². The first-order chi connectivity index (χ1) is 12.8. The lowest BCUT2D eigenvalue weighted by molar-refractivity contribution is -0.154. The maximum Gasteiger partial charge on any atom is 0.254 e. The summed E-state index contributed by atoms with van der Waals surface area (Å²) in [6, 6.07) is 0. The van der Waals surface area contributed by atoms with Crippen LogP contribution < -0.4 is 5.73 Å². The van der Waals surface area contributed by atoms with Crippen LogP contribution in [0.1, 0.15) is 19.1 Å². The van der Waals surface area contributed by atoms with E-state index < -0.39 is 49.2 Å². The number of imidazole rings is 1. The highest BCUT2D eigenvalue weighted by atomic mass is 19.3. The molecule has 27 heavy (non-hydrogen) atoms. The predicted molar refractivity (Wildman–Crippen MR) is 86.4 cm³/mol. The summed E-state index contributed by atoms with van der Waals surface area (Å²) in [5.41, 5.74) is 6.28. The van der Waals surface area contributed by atoms with Crippen LogP contribution in [0, 0.1) is 0 Å². The number of nitrogen functional groups attached to an aromatic ring is 1. The van der Waals surface area contributed by atoms with E-state index in [1.165, 1.54) is 22.1 Å². The summed E-state index contributed by atoms with van der Waals surface area (Å²) in [6.45, 7) is -0.284. The number of amides is 1. The van der Waals surface area contributed by atoms with Crippen LogP contribution in [-0.2, 0) is 9.53 Å². The van der Waals surface area contributed by atoms with Gasteiger partial charge in [0.2, 0.25) is 0 Å². The molecule has 0 aliphatic carbocycles. The zero-order chi connectivity index (χ0) is 19.3. The number of nitrogens with zero attached hydrogens (tertiary/aromatic N) is 5. The molecule has 12 heteroatoms. The molecule has 10 nitrogen and oxygen atoms in total. The number of ether oxygens (including phenoxy) is 1. The van der Waals surface area contributed by atoms with Crippen molar-refractivity contribution in [2.45, 2.75) is 43.3 Å². The molecule has 0 aromatic carbocycles. The van der Waals surface area contributed by atoms with E-state index in [2.05, 4.69) is 15.0 Å². The van der Waals surface area contributed by atoms with Crippen LogP contribution in [0.25, 0.3) is 11.2 Å². The molecule has 0 saturated carbocycles. The SMILES string of the molecule is Nc1ncnc2c1ncn2[C@@H]1O[C@H](C(=O)N2CCC(F)(F)CC2)[C@@H](O)[C@H]1O. The lowest BCUT2D eigenvalue weighted by Gasteiger charge is -2.33. The average molecular weight is 384 g/mol. The number of carbonyl (C=O) groups excluding carboxylic acids is 1. The number of aromatic nitrogens is 4. The molecule has 146 valence electrons. The monoisotopic (exact) mass is 384 g/mol. The molecule has 4 atom stereocenters. The molecule has 2 aliphatic rings. The van der Waals surface area contributed by atoms with E-state index in [1.54, 1.807) is 0 Å². The van der Waals surface area contributed by atoms with E-state index in [0.717, 1.165) is 0 Å². The summed E-state index contributed by atoms with van der Waals surface area (Å²) < 4.78 is 33.5. The summed E-state index contributed by atoms with van der Waals surface area (Å²) in [6.07, 6.45) is -3.87. The number of aliphatic hydroxyl groups excluding tert-OH is 2. The molecule has 0 unspecified atom stereocenters. The Hall–Kier alpha value is -2.44. The molecule has 2 saturated heterocycles. The van der Waals surface area contributed by atoms with Gasteiger partial charge in [0.25, 0.3) is 11.8 Å². The van der Waals surface area contributed by atoms with Gasteiger partial charge in [-0.15, -0.1) is 0 Å². The Morgan fingerprint density at radius 1 is 1.22 bits per heavy atom. The molecule has 0 radical (unpaired) electrons. The number of anilines is 1. The van der Waals surface area contributed by atoms with Crippen LogP contribution in [0.3, 0.4) is 0 Å². The van der Waals surface area contributed by atoms with Crippen molar-refractivity contribution < 1.29 is 28.5 Å². The van der Waals surface area contributed by atoms with Gasteiger partial charge in [-0.3, -0.25) is 9.36 Å². The number of hydrogen-bond acceptors (Lipinski definition) is 8. The van der Waals surface area contributed by atoms with Crippen LogP contribution in [0.2, 0.25) is 0 Å². The number of halogens is 2. The maximum absolute atomic E-state index is 13.3. The number of hydrogen-bond donors (Lipinski definition) is 3. The topological polar surface area (TPSA) is 140 Å². The highest BCUT2D eigenvalue weighted by Crippen LogP contribution is 2.34. The normalized spacial score (nSPS) is 30.7. The highest BCUT2D eigenvalue weighted by molar-refractivity contribution is 5.83. The van der Waals surface area contributed by atoms with Gasteiger partial charge >= 0.3 is 0 Å². The van der Waals surface area contributed by atoms with Crippen molar-refractivity contribution in [2.75, 3.05) is 18.8 Å². The van der Waals surface area contributed by atoms with Gasteiger partial charge in [0.1, 0.15) is 24.1 Å². The number of piperidine rings is 1. The molecular formula is C15H18F2N6O4. The molecule has 1 amide bonds. The first kappa shape index (κ1) is 17.9. The van der Waals surface area contributed by atoms with Crippen molar-refractivity contribution in [1.82, 2.24) is 24.4 Å². The Bertz CT molecular complexity index is 867. The Balaban J connectivity index is 1.56. The second-order valence-corrected chi connectivity index (χ2v) is 6.69. The summed E-state index contributed by atoms with van der Waals surface area (Å²) in [5, 5.41) is 20.7. The van der Waals surface area contributed by atoms with Crippen LogP contribution in [-0.4, -0.2) is 77.9 Å². The standard InChI is InChI=1S/C15H18F2N6O4/c16-15(17)1-3-22(4-2-15)13(26)10-8(24)9(25)14(27-10)23-6-21-7-11(18)19-5-20-12(7)23/h5-6,8-10,14,24-25H,1-4H2,(H2,18,19,20)/t8-,9+,10-,14+/m0/s1. The van der Waals surface area contributed by atoms with Crippen molar-refractivity contribution in [3.8, 4) is 0 Å². The number of likely N-dealkylation sites (tertiary alicyclic amines) is 1. The summed E-state index contributed by atoms with van der Waals surface area (Å²) in [5.74, 6) is -3.31. The van der Waals surface area contributed by atoms with Gasteiger partial charge in [0.15, 0.2) is 23.8 Å². The van der Waals surface area contributed by atoms with Gasteiger partial charge in [-0.1, -0.05) is 0 Å². The quantitative estimate of drug-likeness (QED) is 0.617. The highest BCUT2D eigenvalue weighted by Gasteiger charge is 2.50. The number of rotatable bonds is 2. The fraction of sp³-hybridized carbons (Fsp3) is 0.600. The molecule has 2 fully saturated rings. The smallest absolute Gasteiger partial charge is 0.254 e. The van der Waals surface area contributed by atoms with Gasteiger partial charge in [0.05, 0.1) is 6.33 Å². The Kier molecular flexibility index (Phi) is 4.20. The summed E-state index contributed by atoms with van der Waals surface area (Å²) >= 11 is 0. The molecule has 0 bridgehead atoms. The van der Waals surface area contributed by atoms with Crippen LogP contribution >= 0.6 is 0 Å². The predicted octanol–water partition coefficient (Wildman–Crippen LogP) is -0.715. The van der Waals surface area contributed by atoms with Gasteiger partial charge in [-0.25, -0.2) is 23.7 Å². The molecule has 4 N–H and O–H groups in total. The lowest BCUT2D eigenvalue weighted by atomic mass is 10.0. The summed E-state index contributed by atoms with van der Waals surface area (Å²) in [4.78, 5) is 25.7. The Labute approximate surface area is 151 Å². The molecule has 4 heterocycles. The Morgan fingerprint density at radius 2 is 1.93 bits per heavy atom. The number of fused-ring (bicyclic) bond motifs is 1. The van der Waals surface area contributed by atoms with Crippen LogP contribution in [0.15, 0.2) is 12.7 Å². The fourth-order valence-corrected chi connectivity index (χ4v) is 3.38. The first-order valence-electron chi connectivity index (χ1n) is 8.40. The van der Waals surface area contributed by atoms with Crippen molar-refractivity contribution in [3.05, 3.63) is 12.7 Å².